The molecule has 0 saturated carbocycles. The highest BCUT2D eigenvalue weighted by atomic mass is 32.1. The zero-order valence-corrected chi connectivity index (χ0v) is 14.8. The van der Waals surface area contributed by atoms with Crippen LogP contribution in [0.5, 0.6) is 0 Å². The third-order valence-corrected chi connectivity index (χ3v) is 4.88. The molecule has 1 N–H and O–H groups in total. The summed E-state index contributed by atoms with van der Waals surface area (Å²) in [4.78, 5) is 12.7. The van der Waals surface area contributed by atoms with Gasteiger partial charge < -0.3 is 5.32 Å². The van der Waals surface area contributed by atoms with Gasteiger partial charge in [-0.3, -0.25) is 4.79 Å². The van der Waals surface area contributed by atoms with E-state index in [2.05, 4.69) is 51.8 Å². The van der Waals surface area contributed by atoms with Crippen molar-refractivity contribution in [2.24, 2.45) is 0 Å². The van der Waals surface area contributed by atoms with Crippen LogP contribution in [0.4, 0.5) is 0 Å². The van der Waals surface area contributed by atoms with Gasteiger partial charge in [0.15, 0.2) is 5.82 Å². The van der Waals surface area contributed by atoms with Gasteiger partial charge in [0.2, 0.25) is 10.9 Å². The summed E-state index contributed by atoms with van der Waals surface area (Å²) < 4.78 is 1.74. The number of hydrogen-bond acceptors (Lipinski definition) is 5. The molecule has 0 fully saturated rings. The third kappa shape index (κ3) is 3.97. The predicted molar refractivity (Wildman–Crippen MR) is 94.3 cm³/mol. The Morgan fingerprint density at radius 3 is 2.62 bits per heavy atom. The minimum Gasteiger partial charge on any atom is -0.356 e. The first kappa shape index (κ1) is 16.6. The van der Waals surface area contributed by atoms with Crippen LogP contribution < -0.4 is 5.32 Å². The fourth-order valence-electron chi connectivity index (χ4n) is 2.45. The quantitative estimate of drug-likeness (QED) is 0.715. The Hall–Kier alpha value is -2.28. The average molecular weight is 343 g/mol. The molecule has 0 radical (unpaired) electrons. The highest BCUT2D eigenvalue weighted by Crippen LogP contribution is 2.13. The zero-order valence-electron chi connectivity index (χ0n) is 14.0. The van der Waals surface area contributed by atoms with E-state index >= 15 is 0 Å². The van der Waals surface area contributed by atoms with Gasteiger partial charge in [0.25, 0.3) is 0 Å². The first-order valence-electron chi connectivity index (χ1n) is 8.18. The topological polar surface area (TPSA) is 72.2 Å². The van der Waals surface area contributed by atoms with Crippen LogP contribution in [0.2, 0.25) is 0 Å². The Kier molecular flexibility index (Phi) is 5.20. The normalized spacial score (nSPS) is 11.1. The molecule has 126 valence electrons. The number of benzene rings is 1. The SMILES string of the molecule is CCc1ccc(CCC(=O)NCCc2nn3c(C)nnc3s2)cc1. The number of rotatable bonds is 7. The summed E-state index contributed by atoms with van der Waals surface area (Å²) in [7, 11) is 0. The maximum absolute atomic E-state index is 12.0. The van der Waals surface area contributed by atoms with E-state index in [1.165, 1.54) is 22.5 Å². The first-order valence-corrected chi connectivity index (χ1v) is 8.99. The summed E-state index contributed by atoms with van der Waals surface area (Å²) in [5.74, 6) is 0.861. The molecule has 0 spiro atoms. The van der Waals surface area contributed by atoms with E-state index in [-0.39, 0.29) is 5.91 Å². The molecule has 6 nitrogen and oxygen atoms in total. The van der Waals surface area contributed by atoms with E-state index in [4.69, 9.17) is 0 Å². The number of carbonyl (C=O) groups is 1. The van der Waals surface area contributed by atoms with E-state index in [9.17, 15) is 4.79 Å². The molecule has 0 aliphatic carbocycles. The highest BCUT2D eigenvalue weighted by Gasteiger charge is 2.09. The van der Waals surface area contributed by atoms with E-state index in [0.29, 0.717) is 19.4 Å². The minimum absolute atomic E-state index is 0.0775. The van der Waals surface area contributed by atoms with Crippen molar-refractivity contribution in [1.29, 1.82) is 0 Å². The number of carbonyl (C=O) groups excluding carboxylic acids is 1. The van der Waals surface area contributed by atoms with Crippen LogP contribution in [0, 0.1) is 6.92 Å². The zero-order chi connectivity index (χ0) is 16.9. The van der Waals surface area contributed by atoms with Crippen molar-refractivity contribution in [1.82, 2.24) is 25.1 Å². The van der Waals surface area contributed by atoms with Crippen LogP contribution >= 0.6 is 11.3 Å². The molecule has 1 aromatic carbocycles. The molecular formula is C17H21N5OS. The van der Waals surface area contributed by atoms with E-state index in [1.807, 2.05) is 6.92 Å². The molecule has 0 saturated heterocycles. The number of amides is 1. The fraction of sp³-hybridized carbons (Fsp3) is 0.412. The Morgan fingerprint density at radius 2 is 1.92 bits per heavy atom. The molecule has 3 aromatic rings. The summed E-state index contributed by atoms with van der Waals surface area (Å²) in [6.45, 7) is 4.61. The Bertz CT molecular complexity index is 821. The second kappa shape index (κ2) is 7.53. The molecule has 24 heavy (non-hydrogen) atoms. The van der Waals surface area contributed by atoms with Gasteiger partial charge in [0.1, 0.15) is 5.01 Å². The summed E-state index contributed by atoms with van der Waals surface area (Å²) in [6.07, 6.45) is 3.03. The lowest BCUT2D eigenvalue weighted by atomic mass is 10.1. The molecule has 1 amide bonds. The Morgan fingerprint density at radius 1 is 1.17 bits per heavy atom. The summed E-state index contributed by atoms with van der Waals surface area (Å²) in [5.41, 5.74) is 2.52. The number of fused-ring (bicyclic) bond motifs is 1. The molecule has 2 heterocycles. The molecule has 0 atom stereocenters. The van der Waals surface area contributed by atoms with E-state index in [1.54, 1.807) is 4.52 Å². The lowest BCUT2D eigenvalue weighted by molar-refractivity contribution is -0.121. The van der Waals surface area contributed by atoms with Gasteiger partial charge in [-0.05, 0) is 30.9 Å². The van der Waals surface area contributed by atoms with Crippen LogP contribution in [0.25, 0.3) is 4.96 Å². The van der Waals surface area contributed by atoms with Crippen LogP contribution in [0.1, 0.15) is 35.3 Å². The largest absolute Gasteiger partial charge is 0.356 e. The number of aryl methyl sites for hydroxylation is 3. The molecule has 0 aliphatic rings. The molecule has 3 rings (SSSR count). The smallest absolute Gasteiger partial charge is 0.234 e. The minimum atomic E-state index is 0.0775. The second-order valence-corrected chi connectivity index (χ2v) is 6.75. The lowest BCUT2D eigenvalue weighted by Gasteiger charge is -2.05. The predicted octanol–water partition coefficient (Wildman–Crippen LogP) is 2.35. The van der Waals surface area contributed by atoms with Gasteiger partial charge in [-0.25, -0.2) is 0 Å². The number of aromatic nitrogens is 4. The number of hydrogen-bond donors (Lipinski definition) is 1. The molecule has 0 aliphatic heterocycles. The average Bonchev–Trinajstić information content (AvgIpc) is 3.15. The van der Waals surface area contributed by atoms with Crippen molar-refractivity contribution in [2.75, 3.05) is 6.54 Å². The van der Waals surface area contributed by atoms with Crippen LogP contribution in [-0.4, -0.2) is 32.3 Å². The standard InChI is InChI=1S/C17H21N5OS/c1-3-13-4-6-14(7-5-13)8-9-15(23)18-11-10-16-21-22-12(2)19-20-17(22)24-16/h4-7H,3,8-11H2,1-2H3,(H,18,23). The van der Waals surface area contributed by atoms with Crippen LogP contribution in [-0.2, 0) is 24.1 Å². The third-order valence-electron chi connectivity index (χ3n) is 3.92. The monoisotopic (exact) mass is 343 g/mol. The second-order valence-electron chi connectivity index (χ2n) is 5.71. The van der Waals surface area contributed by atoms with Crippen molar-refractivity contribution in [2.45, 2.75) is 39.5 Å². The highest BCUT2D eigenvalue weighted by molar-refractivity contribution is 7.16. The number of nitrogens with one attached hydrogen (secondary N) is 1. The Labute approximate surface area is 144 Å². The van der Waals surface area contributed by atoms with Crippen LogP contribution in [0.3, 0.4) is 0 Å². The first-order chi connectivity index (χ1) is 11.7. The molecule has 0 unspecified atom stereocenters. The Balaban J connectivity index is 1.41. The van der Waals surface area contributed by atoms with E-state index in [0.717, 1.165) is 28.6 Å². The van der Waals surface area contributed by atoms with Gasteiger partial charge >= 0.3 is 0 Å². The van der Waals surface area contributed by atoms with Gasteiger partial charge in [-0.2, -0.15) is 9.61 Å². The van der Waals surface area contributed by atoms with Crippen molar-refractivity contribution < 1.29 is 4.79 Å². The van der Waals surface area contributed by atoms with Crippen molar-refractivity contribution in [3.05, 3.63) is 46.2 Å². The van der Waals surface area contributed by atoms with Crippen molar-refractivity contribution in [3.8, 4) is 0 Å². The maximum Gasteiger partial charge on any atom is 0.234 e. The molecule has 2 aromatic heterocycles. The van der Waals surface area contributed by atoms with E-state index < -0.39 is 0 Å². The molecule has 7 heteroatoms. The van der Waals surface area contributed by atoms with Crippen molar-refractivity contribution in [3.63, 3.8) is 0 Å². The summed E-state index contributed by atoms with van der Waals surface area (Å²) in [5, 5.41) is 16.4. The summed E-state index contributed by atoms with van der Waals surface area (Å²) in [6, 6.07) is 8.47. The van der Waals surface area contributed by atoms with Crippen molar-refractivity contribution >= 4 is 22.2 Å². The van der Waals surface area contributed by atoms with Gasteiger partial charge in [0.05, 0.1) is 0 Å². The maximum atomic E-state index is 12.0. The van der Waals surface area contributed by atoms with Gasteiger partial charge in [-0.15, -0.1) is 10.2 Å². The number of nitrogens with zero attached hydrogens (tertiary/aromatic N) is 4. The lowest BCUT2D eigenvalue weighted by Crippen LogP contribution is -2.25. The summed E-state index contributed by atoms with van der Waals surface area (Å²) >= 11 is 1.51. The van der Waals surface area contributed by atoms with Crippen LogP contribution in [0.15, 0.2) is 24.3 Å². The fourth-order valence-corrected chi connectivity index (χ4v) is 3.33. The van der Waals surface area contributed by atoms with Gasteiger partial charge in [0, 0.05) is 19.4 Å². The van der Waals surface area contributed by atoms with Gasteiger partial charge in [-0.1, -0.05) is 42.5 Å². The molecule has 0 bridgehead atoms. The molecular weight excluding hydrogens is 322 g/mol.